The second-order valence-corrected chi connectivity index (χ2v) is 3.33. The van der Waals surface area contributed by atoms with E-state index in [9.17, 15) is 0 Å². The first-order valence-electron chi connectivity index (χ1n) is 4.95. The molecule has 6 heteroatoms. The zero-order chi connectivity index (χ0) is 12.1. The van der Waals surface area contributed by atoms with Crippen molar-refractivity contribution in [1.29, 1.82) is 5.26 Å². The molecule has 84 valence electrons. The fourth-order valence-electron chi connectivity index (χ4n) is 1.27. The number of rotatable bonds is 3. The Hall–Kier alpha value is -2.68. The monoisotopic (exact) mass is 226 g/mol. The van der Waals surface area contributed by atoms with E-state index in [-0.39, 0.29) is 5.95 Å². The second-order valence-electron chi connectivity index (χ2n) is 3.33. The van der Waals surface area contributed by atoms with E-state index in [1.807, 2.05) is 12.1 Å². The third kappa shape index (κ3) is 2.89. The lowest BCUT2D eigenvalue weighted by Gasteiger charge is -2.04. The molecule has 17 heavy (non-hydrogen) atoms. The number of nitrogens with zero attached hydrogens (tertiary/aromatic N) is 4. The van der Waals surface area contributed by atoms with Crippen LogP contribution in [0.1, 0.15) is 11.1 Å². The predicted octanol–water partition coefficient (Wildman–Crippen LogP) is 0.938. The molecule has 0 saturated heterocycles. The Morgan fingerprint density at radius 3 is 2.65 bits per heavy atom. The average molecular weight is 226 g/mol. The molecule has 2 aromatic rings. The van der Waals surface area contributed by atoms with Crippen molar-refractivity contribution < 1.29 is 0 Å². The van der Waals surface area contributed by atoms with Crippen LogP contribution in [0.3, 0.4) is 0 Å². The normalized spacial score (nSPS) is 9.59. The highest BCUT2D eigenvalue weighted by Gasteiger charge is 1.98. The summed E-state index contributed by atoms with van der Waals surface area (Å²) in [6, 6.07) is 9.33. The molecule has 2 rings (SSSR count). The fourth-order valence-corrected chi connectivity index (χ4v) is 1.27. The van der Waals surface area contributed by atoms with Gasteiger partial charge >= 0.3 is 0 Å². The van der Waals surface area contributed by atoms with Gasteiger partial charge in [-0.05, 0) is 17.7 Å². The van der Waals surface area contributed by atoms with E-state index in [4.69, 9.17) is 11.0 Å². The molecule has 0 amide bonds. The molecular weight excluding hydrogens is 216 g/mol. The van der Waals surface area contributed by atoms with Gasteiger partial charge in [0.1, 0.15) is 6.33 Å². The summed E-state index contributed by atoms with van der Waals surface area (Å²) in [5, 5.41) is 11.7. The van der Waals surface area contributed by atoms with Gasteiger partial charge in [-0.3, -0.25) is 0 Å². The number of nitriles is 1. The molecule has 0 fully saturated rings. The zero-order valence-electron chi connectivity index (χ0n) is 8.96. The Labute approximate surface area is 98.2 Å². The van der Waals surface area contributed by atoms with Crippen LogP contribution in [0.2, 0.25) is 0 Å². The standard InChI is InChI=1S/C11H10N6/c12-5-8-1-3-9(4-2-8)6-14-11-16-7-15-10(13)17-11/h1-4,7H,6H2,(H3,13,14,15,16,17). The number of nitrogens with one attached hydrogen (secondary N) is 1. The Morgan fingerprint density at radius 2 is 2.00 bits per heavy atom. The van der Waals surface area contributed by atoms with Crippen molar-refractivity contribution in [3.63, 3.8) is 0 Å². The maximum atomic E-state index is 8.66. The van der Waals surface area contributed by atoms with Crippen LogP contribution in [-0.2, 0) is 6.54 Å². The highest BCUT2D eigenvalue weighted by Crippen LogP contribution is 2.06. The van der Waals surface area contributed by atoms with Gasteiger partial charge in [0.15, 0.2) is 0 Å². The predicted molar refractivity (Wildman–Crippen MR) is 62.7 cm³/mol. The molecule has 1 heterocycles. The lowest BCUT2D eigenvalue weighted by Crippen LogP contribution is -2.06. The van der Waals surface area contributed by atoms with E-state index < -0.39 is 0 Å². The highest BCUT2D eigenvalue weighted by atomic mass is 15.2. The maximum absolute atomic E-state index is 8.66. The summed E-state index contributed by atoms with van der Waals surface area (Å²) in [4.78, 5) is 11.5. The van der Waals surface area contributed by atoms with E-state index in [2.05, 4.69) is 26.3 Å². The molecule has 0 bridgehead atoms. The molecule has 0 aliphatic heterocycles. The van der Waals surface area contributed by atoms with Gasteiger partial charge < -0.3 is 11.1 Å². The third-order valence-corrected chi connectivity index (χ3v) is 2.12. The van der Waals surface area contributed by atoms with Crippen LogP contribution in [0.15, 0.2) is 30.6 Å². The van der Waals surface area contributed by atoms with Gasteiger partial charge in [0, 0.05) is 6.54 Å². The smallest absolute Gasteiger partial charge is 0.227 e. The summed E-state index contributed by atoms with van der Waals surface area (Å²) in [5.74, 6) is 0.615. The molecule has 0 aliphatic rings. The minimum absolute atomic E-state index is 0.183. The Bertz CT molecular complexity index is 543. The number of aromatic nitrogens is 3. The molecule has 0 spiro atoms. The van der Waals surface area contributed by atoms with Crippen molar-refractivity contribution in [3.05, 3.63) is 41.7 Å². The van der Waals surface area contributed by atoms with Crippen LogP contribution in [0, 0.1) is 11.3 Å². The first kappa shape index (κ1) is 10.8. The summed E-state index contributed by atoms with van der Waals surface area (Å²) in [6.07, 6.45) is 1.35. The summed E-state index contributed by atoms with van der Waals surface area (Å²) in [5.41, 5.74) is 7.09. The molecule has 0 unspecified atom stereocenters. The molecule has 3 N–H and O–H groups in total. The largest absolute Gasteiger partial charge is 0.368 e. The number of nitrogen functional groups attached to an aromatic ring is 1. The first-order chi connectivity index (χ1) is 8.28. The average Bonchev–Trinajstić information content (AvgIpc) is 2.37. The van der Waals surface area contributed by atoms with Gasteiger partial charge in [-0.2, -0.15) is 10.2 Å². The van der Waals surface area contributed by atoms with Crippen LogP contribution in [-0.4, -0.2) is 15.0 Å². The van der Waals surface area contributed by atoms with Gasteiger partial charge in [0.05, 0.1) is 11.6 Å². The Morgan fingerprint density at radius 1 is 1.24 bits per heavy atom. The quantitative estimate of drug-likeness (QED) is 0.807. The molecule has 0 atom stereocenters. The third-order valence-electron chi connectivity index (χ3n) is 2.12. The van der Waals surface area contributed by atoms with Crippen molar-refractivity contribution in [2.45, 2.75) is 6.54 Å². The summed E-state index contributed by atoms with van der Waals surface area (Å²) in [7, 11) is 0. The second kappa shape index (κ2) is 4.90. The van der Waals surface area contributed by atoms with Crippen molar-refractivity contribution >= 4 is 11.9 Å². The van der Waals surface area contributed by atoms with Crippen molar-refractivity contribution in [2.75, 3.05) is 11.1 Å². The molecule has 6 nitrogen and oxygen atoms in total. The minimum Gasteiger partial charge on any atom is -0.368 e. The molecule has 0 aliphatic carbocycles. The summed E-state index contributed by atoms with van der Waals surface area (Å²) in [6.45, 7) is 0.565. The van der Waals surface area contributed by atoms with Crippen LogP contribution in [0.4, 0.5) is 11.9 Å². The van der Waals surface area contributed by atoms with E-state index in [1.165, 1.54) is 6.33 Å². The summed E-state index contributed by atoms with van der Waals surface area (Å²) < 4.78 is 0. The van der Waals surface area contributed by atoms with Gasteiger partial charge in [-0.1, -0.05) is 12.1 Å². The number of benzene rings is 1. The molecule has 1 aromatic heterocycles. The van der Waals surface area contributed by atoms with Crippen molar-refractivity contribution in [2.24, 2.45) is 0 Å². The lowest BCUT2D eigenvalue weighted by atomic mass is 10.1. The van der Waals surface area contributed by atoms with Gasteiger partial charge in [-0.25, -0.2) is 9.97 Å². The molecule has 1 aromatic carbocycles. The van der Waals surface area contributed by atoms with Crippen LogP contribution in [0.25, 0.3) is 0 Å². The molecule has 0 saturated carbocycles. The lowest BCUT2D eigenvalue weighted by molar-refractivity contribution is 1.01. The molecular formula is C11H10N6. The van der Waals surface area contributed by atoms with Crippen LogP contribution in [0.5, 0.6) is 0 Å². The maximum Gasteiger partial charge on any atom is 0.227 e. The minimum atomic E-state index is 0.183. The van der Waals surface area contributed by atoms with E-state index in [0.717, 1.165) is 5.56 Å². The SMILES string of the molecule is N#Cc1ccc(CNc2ncnc(N)n2)cc1. The fraction of sp³-hybridized carbons (Fsp3) is 0.0909. The summed E-state index contributed by atoms with van der Waals surface area (Å²) >= 11 is 0. The van der Waals surface area contributed by atoms with Crippen LogP contribution >= 0.6 is 0 Å². The number of nitrogens with two attached hydrogens (primary N) is 1. The zero-order valence-corrected chi connectivity index (χ0v) is 8.96. The number of hydrogen-bond acceptors (Lipinski definition) is 6. The Balaban J connectivity index is 2.00. The van der Waals surface area contributed by atoms with Crippen molar-refractivity contribution in [1.82, 2.24) is 15.0 Å². The van der Waals surface area contributed by atoms with Gasteiger partial charge in [0.2, 0.25) is 11.9 Å². The van der Waals surface area contributed by atoms with Crippen molar-refractivity contribution in [3.8, 4) is 6.07 Å². The van der Waals surface area contributed by atoms with Gasteiger partial charge in [-0.15, -0.1) is 0 Å². The van der Waals surface area contributed by atoms with Crippen LogP contribution < -0.4 is 11.1 Å². The van der Waals surface area contributed by atoms with E-state index in [1.54, 1.807) is 12.1 Å². The van der Waals surface area contributed by atoms with E-state index in [0.29, 0.717) is 18.1 Å². The van der Waals surface area contributed by atoms with Gasteiger partial charge in [0.25, 0.3) is 0 Å². The number of anilines is 2. The highest BCUT2D eigenvalue weighted by molar-refractivity contribution is 5.34. The first-order valence-corrected chi connectivity index (χ1v) is 4.95. The topological polar surface area (TPSA) is 101 Å². The Kier molecular flexibility index (Phi) is 3.12. The molecule has 0 radical (unpaired) electrons. The number of hydrogen-bond donors (Lipinski definition) is 2. The van der Waals surface area contributed by atoms with E-state index >= 15 is 0 Å².